The monoisotopic (exact) mass is 425 g/mol. The first kappa shape index (κ1) is 24.0. The summed E-state index contributed by atoms with van der Waals surface area (Å²) >= 11 is 0. The van der Waals surface area contributed by atoms with Crippen molar-refractivity contribution in [3.05, 3.63) is 41.0 Å². The van der Waals surface area contributed by atoms with Crippen LogP contribution in [0.2, 0.25) is 0 Å². The number of nitrogens with zero attached hydrogens (tertiary/aromatic N) is 3. The van der Waals surface area contributed by atoms with Crippen LogP contribution in [0.1, 0.15) is 82.4 Å². The minimum atomic E-state index is 0.297. The number of hydrogen-bond donors (Lipinski definition) is 1. The number of unbranched alkanes of at least 4 members (excludes halogenated alkanes) is 2. The molecule has 2 aliphatic rings. The number of aliphatic imine (C=N–C) groups is 1. The summed E-state index contributed by atoms with van der Waals surface area (Å²) in [4.78, 5) is 9.95. The van der Waals surface area contributed by atoms with Crippen molar-refractivity contribution in [2.24, 2.45) is 4.99 Å². The van der Waals surface area contributed by atoms with Gasteiger partial charge in [-0.1, -0.05) is 39.0 Å². The molecule has 172 valence electrons. The van der Waals surface area contributed by atoms with E-state index in [4.69, 9.17) is 10.1 Å². The number of aliphatic hydroxyl groups excluding tert-OH is 1. The van der Waals surface area contributed by atoms with E-state index in [0.717, 1.165) is 57.6 Å². The topological polar surface area (TPSA) is 39.1 Å². The first-order valence-corrected chi connectivity index (χ1v) is 12.4. The lowest BCUT2D eigenvalue weighted by molar-refractivity contribution is 0.249. The first-order chi connectivity index (χ1) is 14.9. The second kappa shape index (κ2) is 11.3. The second-order valence-electron chi connectivity index (χ2n) is 9.91. The van der Waals surface area contributed by atoms with Crippen LogP contribution in [0, 0.1) is 0 Å². The van der Waals surface area contributed by atoms with Crippen LogP contribution in [-0.2, 0) is 11.8 Å². The highest BCUT2D eigenvalue weighted by Crippen LogP contribution is 2.38. The molecular formula is C27H43N3O. The van der Waals surface area contributed by atoms with Gasteiger partial charge in [-0.15, -0.1) is 0 Å². The first-order valence-electron chi connectivity index (χ1n) is 12.4. The maximum atomic E-state index is 8.96. The van der Waals surface area contributed by atoms with Gasteiger partial charge in [0.1, 0.15) is 5.84 Å². The van der Waals surface area contributed by atoms with Gasteiger partial charge in [0.2, 0.25) is 0 Å². The Morgan fingerprint density at radius 2 is 1.90 bits per heavy atom. The zero-order valence-corrected chi connectivity index (χ0v) is 20.3. The summed E-state index contributed by atoms with van der Waals surface area (Å²) in [6.45, 7) is 11.6. The van der Waals surface area contributed by atoms with Crippen LogP contribution in [0.5, 0.6) is 0 Å². The zero-order valence-electron chi connectivity index (χ0n) is 20.3. The molecule has 0 bridgehead atoms. The van der Waals surface area contributed by atoms with Crippen molar-refractivity contribution in [1.29, 1.82) is 0 Å². The highest BCUT2D eigenvalue weighted by atomic mass is 16.2. The van der Waals surface area contributed by atoms with Crippen LogP contribution in [0.4, 0.5) is 0 Å². The van der Waals surface area contributed by atoms with Crippen molar-refractivity contribution in [2.45, 2.75) is 77.6 Å². The molecule has 4 heteroatoms. The number of aryl methyl sites for hydroxylation is 1. The molecule has 4 nitrogen and oxygen atoms in total. The lowest BCUT2D eigenvalue weighted by atomic mass is 9.72. The smallest absolute Gasteiger partial charge is 0.105 e. The van der Waals surface area contributed by atoms with E-state index in [-0.39, 0.29) is 0 Å². The molecule has 0 fully saturated rings. The van der Waals surface area contributed by atoms with E-state index in [1.54, 1.807) is 0 Å². The molecule has 0 amide bonds. The van der Waals surface area contributed by atoms with Crippen LogP contribution in [0.3, 0.4) is 0 Å². The van der Waals surface area contributed by atoms with E-state index >= 15 is 0 Å². The number of amidine groups is 1. The molecule has 0 unspecified atom stereocenters. The summed E-state index contributed by atoms with van der Waals surface area (Å²) < 4.78 is 0. The molecule has 1 N–H and O–H groups in total. The van der Waals surface area contributed by atoms with E-state index < -0.39 is 0 Å². The van der Waals surface area contributed by atoms with Gasteiger partial charge in [0.15, 0.2) is 0 Å². The fourth-order valence-corrected chi connectivity index (χ4v) is 4.99. The number of allylic oxidation sites excluding steroid dienone is 1. The van der Waals surface area contributed by atoms with Crippen LogP contribution in [0.15, 0.2) is 29.3 Å². The van der Waals surface area contributed by atoms with Crippen LogP contribution in [-0.4, -0.2) is 60.6 Å². The molecular weight excluding hydrogens is 382 g/mol. The number of likely N-dealkylation sites (N-methyl/N-ethyl adjacent to an activating group) is 2. The van der Waals surface area contributed by atoms with Gasteiger partial charge in [0, 0.05) is 38.7 Å². The van der Waals surface area contributed by atoms with Gasteiger partial charge in [-0.3, -0.25) is 0 Å². The lowest BCUT2D eigenvalue weighted by Crippen LogP contribution is -2.37. The minimum Gasteiger partial charge on any atom is -0.396 e. The third-order valence-electron chi connectivity index (χ3n) is 7.11. The molecule has 3 rings (SSSR count). The third kappa shape index (κ3) is 6.43. The van der Waals surface area contributed by atoms with Gasteiger partial charge >= 0.3 is 0 Å². The Labute approximate surface area is 190 Å². The Kier molecular flexibility index (Phi) is 8.74. The average Bonchev–Trinajstić information content (AvgIpc) is 2.78. The molecule has 0 atom stereocenters. The number of benzene rings is 1. The number of hydrogen-bond acceptors (Lipinski definition) is 4. The Morgan fingerprint density at radius 3 is 2.68 bits per heavy atom. The zero-order chi connectivity index (χ0) is 22.3. The van der Waals surface area contributed by atoms with E-state index in [1.807, 2.05) is 0 Å². The molecule has 1 aromatic rings. The predicted octanol–water partition coefficient (Wildman–Crippen LogP) is 5.25. The number of rotatable bonds is 10. The van der Waals surface area contributed by atoms with Gasteiger partial charge < -0.3 is 14.9 Å². The summed E-state index contributed by atoms with van der Waals surface area (Å²) in [5.74, 6) is 1.21. The molecule has 0 radical (unpaired) electrons. The van der Waals surface area contributed by atoms with E-state index in [2.05, 4.69) is 61.9 Å². The van der Waals surface area contributed by atoms with Gasteiger partial charge in [-0.25, -0.2) is 4.99 Å². The summed E-state index contributed by atoms with van der Waals surface area (Å²) in [6, 6.07) is 7.04. The van der Waals surface area contributed by atoms with E-state index in [1.165, 1.54) is 48.2 Å². The molecule has 1 heterocycles. The SMILES string of the molecule is CCN(CCCCCO)CCN(C)C1=NC(c2ccc3c(c2)CCCC3(C)C)=CCC1. The Balaban J connectivity index is 1.61. The van der Waals surface area contributed by atoms with Gasteiger partial charge in [0.25, 0.3) is 0 Å². The summed E-state index contributed by atoms with van der Waals surface area (Å²) in [5, 5.41) is 8.96. The summed E-state index contributed by atoms with van der Waals surface area (Å²) in [6.07, 6.45) is 11.4. The van der Waals surface area contributed by atoms with Gasteiger partial charge in [-0.2, -0.15) is 0 Å². The molecule has 1 aliphatic heterocycles. The number of aliphatic hydroxyl groups is 1. The van der Waals surface area contributed by atoms with Crippen LogP contribution >= 0.6 is 0 Å². The van der Waals surface area contributed by atoms with Crippen LogP contribution in [0.25, 0.3) is 5.70 Å². The highest BCUT2D eigenvalue weighted by molar-refractivity contribution is 5.90. The van der Waals surface area contributed by atoms with Crippen molar-refractivity contribution >= 4 is 11.5 Å². The van der Waals surface area contributed by atoms with E-state index in [0.29, 0.717) is 12.0 Å². The quantitative estimate of drug-likeness (QED) is 0.520. The fraction of sp³-hybridized carbons (Fsp3) is 0.667. The molecule has 0 aromatic heterocycles. The predicted molar refractivity (Wildman–Crippen MR) is 133 cm³/mol. The summed E-state index contributed by atoms with van der Waals surface area (Å²) in [5.41, 5.74) is 5.77. The van der Waals surface area contributed by atoms with E-state index in [9.17, 15) is 0 Å². The second-order valence-corrected chi connectivity index (χ2v) is 9.91. The van der Waals surface area contributed by atoms with Gasteiger partial charge in [-0.05, 0) is 80.6 Å². The van der Waals surface area contributed by atoms with Crippen molar-refractivity contribution in [3.63, 3.8) is 0 Å². The van der Waals surface area contributed by atoms with Crippen molar-refractivity contribution in [3.8, 4) is 0 Å². The molecule has 0 saturated heterocycles. The molecule has 0 saturated carbocycles. The third-order valence-corrected chi connectivity index (χ3v) is 7.11. The normalized spacial score (nSPS) is 17.9. The fourth-order valence-electron chi connectivity index (χ4n) is 4.99. The van der Waals surface area contributed by atoms with Gasteiger partial charge in [0.05, 0.1) is 5.70 Å². The molecule has 31 heavy (non-hydrogen) atoms. The Hall–Kier alpha value is -1.65. The Morgan fingerprint density at radius 1 is 1.06 bits per heavy atom. The minimum absolute atomic E-state index is 0.297. The van der Waals surface area contributed by atoms with Crippen LogP contribution < -0.4 is 0 Å². The lowest BCUT2D eigenvalue weighted by Gasteiger charge is -2.33. The maximum absolute atomic E-state index is 8.96. The van der Waals surface area contributed by atoms with Crippen molar-refractivity contribution < 1.29 is 5.11 Å². The Bertz CT molecular complexity index is 781. The summed E-state index contributed by atoms with van der Waals surface area (Å²) in [7, 11) is 2.19. The molecule has 1 aliphatic carbocycles. The van der Waals surface area contributed by atoms with Crippen molar-refractivity contribution in [1.82, 2.24) is 9.80 Å². The largest absolute Gasteiger partial charge is 0.396 e. The standard InChI is InChI=1S/C27H43N3O/c1-5-30(17-7-6-8-20-31)19-18-29(4)26-13-9-12-25(28-26)23-14-15-24-22(21-23)11-10-16-27(24,2)3/h12,14-15,21,31H,5-11,13,16-20H2,1-4H3. The molecule has 1 aromatic carbocycles. The average molecular weight is 426 g/mol. The highest BCUT2D eigenvalue weighted by Gasteiger charge is 2.27. The molecule has 0 spiro atoms. The van der Waals surface area contributed by atoms with Crippen molar-refractivity contribution in [2.75, 3.05) is 39.8 Å². The number of fused-ring (bicyclic) bond motifs is 1. The maximum Gasteiger partial charge on any atom is 0.105 e.